The van der Waals surface area contributed by atoms with E-state index < -0.39 is 42.4 Å². The number of ether oxygens (including phenoxy) is 1. The van der Waals surface area contributed by atoms with E-state index in [0.717, 1.165) is 22.3 Å². The van der Waals surface area contributed by atoms with Crippen molar-refractivity contribution in [2.24, 2.45) is 0 Å². The van der Waals surface area contributed by atoms with Crippen LogP contribution >= 0.6 is 0 Å². The van der Waals surface area contributed by atoms with Gasteiger partial charge in [-0.15, -0.1) is 0 Å². The van der Waals surface area contributed by atoms with E-state index in [0.29, 0.717) is 6.42 Å². The molecule has 2 unspecified atom stereocenters. The summed E-state index contributed by atoms with van der Waals surface area (Å²) in [5.74, 6) is -2.40. The van der Waals surface area contributed by atoms with Crippen molar-refractivity contribution >= 4 is 18.0 Å². The van der Waals surface area contributed by atoms with Gasteiger partial charge in [0, 0.05) is 5.92 Å². The minimum Gasteiger partial charge on any atom is -0.480 e. The fourth-order valence-corrected chi connectivity index (χ4v) is 4.28. The highest BCUT2D eigenvalue weighted by Crippen LogP contribution is 2.44. The maximum absolute atomic E-state index is 13.5. The number of alkyl carbamates (subject to hydrolysis) is 1. The third-order valence-corrected chi connectivity index (χ3v) is 5.99. The van der Waals surface area contributed by atoms with E-state index in [-0.39, 0.29) is 18.9 Å². The first kappa shape index (κ1) is 25.1. The molecule has 0 aliphatic heterocycles. The van der Waals surface area contributed by atoms with E-state index in [4.69, 9.17) is 4.74 Å². The fraction of sp³-hybridized carbons (Fsp3) is 0.400. The van der Waals surface area contributed by atoms with Crippen molar-refractivity contribution in [1.82, 2.24) is 10.6 Å². The fourth-order valence-electron chi connectivity index (χ4n) is 4.28. The molecule has 0 radical (unpaired) electrons. The molecule has 2 aromatic carbocycles. The molecule has 2 aromatic rings. The van der Waals surface area contributed by atoms with E-state index in [9.17, 15) is 28.3 Å². The monoisotopic (exact) mass is 474 g/mol. The first-order valence-electron chi connectivity index (χ1n) is 11.1. The van der Waals surface area contributed by atoms with Crippen LogP contribution in [-0.4, -0.2) is 47.7 Å². The molecular weight excluding hydrogens is 446 g/mol. The molecule has 0 saturated carbocycles. The molecule has 34 heavy (non-hydrogen) atoms. The van der Waals surface area contributed by atoms with Gasteiger partial charge in [-0.2, -0.15) is 0 Å². The van der Waals surface area contributed by atoms with Crippen molar-refractivity contribution in [2.75, 3.05) is 6.61 Å². The molecular formula is C25H28F2N2O5. The zero-order valence-electron chi connectivity index (χ0n) is 19.0. The van der Waals surface area contributed by atoms with Crippen molar-refractivity contribution in [2.45, 2.75) is 57.0 Å². The molecule has 2 amide bonds. The highest BCUT2D eigenvalue weighted by atomic mass is 19.3. The average Bonchev–Trinajstić information content (AvgIpc) is 3.11. The number of fused-ring (bicyclic) bond motifs is 3. The van der Waals surface area contributed by atoms with Crippen LogP contribution in [-0.2, 0) is 14.3 Å². The van der Waals surface area contributed by atoms with Gasteiger partial charge in [0.05, 0.1) is 6.42 Å². The van der Waals surface area contributed by atoms with E-state index in [1.807, 2.05) is 53.8 Å². The van der Waals surface area contributed by atoms with Gasteiger partial charge in [-0.25, -0.2) is 18.4 Å². The number of hydrogen-bond donors (Lipinski definition) is 3. The summed E-state index contributed by atoms with van der Waals surface area (Å²) in [6, 6.07) is 13.6. The predicted molar refractivity (Wildman–Crippen MR) is 122 cm³/mol. The van der Waals surface area contributed by atoms with E-state index in [1.165, 1.54) is 6.92 Å². The largest absolute Gasteiger partial charge is 0.480 e. The second-order valence-corrected chi connectivity index (χ2v) is 8.55. The number of carboxylic acids is 1. The van der Waals surface area contributed by atoms with Crippen LogP contribution in [0, 0.1) is 0 Å². The number of carbonyl (C=O) groups is 3. The van der Waals surface area contributed by atoms with Crippen molar-refractivity contribution in [1.29, 1.82) is 0 Å². The lowest BCUT2D eigenvalue weighted by Crippen LogP contribution is -2.54. The number of amides is 2. The number of rotatable bonds is 10. The molecule has 0 bridgehead atoms. The quantitative estimate of drug-likeness (QED) is 0.476. The van der Waals surface area contributed by atoms with Gasteiger partial charge < -0.3 is 20.5 Å². The molecule has 3 N–H and O–H groups in total. The Bertz CT molecular complexity index is 1020. The van der Waals surface area contributed by atoms with E-state index in [1.54, 1.807) is 6.92 Å². The Kier molecular flexibility index (Phi) is 7.86. The van der Waals surface area contributed by atoms with E-state index >= 15 is 0 Å². The van der Waals surface area contributed by atoms with Crippen LogP contribution in [0.3, 0.4) is 0 Å². The van der Waals surface area contributed by atoms with E-state index in [2.05, 4.69) is 5.32 Å². The lowest BCUT2D eigenvalue weighted by Gasteiger charge is -2.27. The van der Waals surface area contributed by atoms with Crippen molar-refractivity contribution < 1.29 is 33.0 Å². The topological polar surface area (TPSA) is 105 Å². The number of carbonyl (C=O) groups excluding carboxylic acids is 2. The molecule has 0 aromatic heterocycles. The molecule has 9 heteroatoms. The normalized spacial score (nSPS) is 15.1. The van der Waals surface area contributed by atoms with Gasteiger partial charge >= 0.3 is 12.1 Å². The third kappa shape index (κ3) is 5.52. The zero-order valence-corrected chi connectivity index (χ0v) is 19.0. The molecule has 0 fully saturated rings. The highest BCUT2D eigenvalue weighted by Gasteiger charge is 2.36. The summed E-state index contributed by atoms with van der Waals surface area (Å²) >= 11 is 0. The average molecular weight is 475 g/mol. The molecule has 3 rings (SSSR count). The van der Waals surface area contributed by atoms with Crippen LogP contribution in [0.5, 0.6) is 0 Å². The van der Waals surface area contributed by atoms with Gasteiger partial charge in [-0.3, -0.25) is 4.79 Å². The Morgan fingerprint density at radius 3 is 2.12 bits per heavy atom. The standard InChI is InChI=1S/C25H28F2N2O5/c1-3-12-25(2,23(31)32)29-21(30)13-20(22(26)27)28-24(33)34-14-19-17-10-6-4-8-15(17)16-9-5-7-11-18(16)19/h4-11,19-20,22H,3,12-14H2,1-2H3,(H,28,33)(H,29,30)(H,31,32). The summed E-state index contributed by atoms with van der Waals surface area (Å²) < 4.78 is 32.3. The SMILES string of the molecule is CCCC(C)(NC(=O)CC(NC(=O)OCC1c2ccccc2-c2ccccc21)C(F)F)C(=O)O. The number of hydrogen-bond acceptors (Lipinski definition) is 4. The van der Waals surface area contributed by atoms with Crippen molar-refractivity contribution in [3.8, 4) is 11.1 Å². The molecule has 0 saturated heterocycles. The molecule has 182 valence electrons. The zero-order chi connectivity index (χ0) is 24.9. The van der Waals surface area contributed by atoms with Crippen LogP contribution in [0.1, 0.15) is 50.2 Å². The van der Waals surface area contributed by atoms with Crippen LogP contribution in [0.2, 0.25) is 0 Å². The molecule has 2 atom stereocenters. The molecule has 0 heterocycles. The Hall–Kier alpha value is -3.49. The van der Waals surface area contributed by atoms with Gasteiger partial charge in [-0.05, 0) is 35.6 Å². The predicted octanol–water partition coefficient (Wildman–Crippen LogP) is 4.31. The first-order valence-corrected chi connectivity index (χ1v) is 11.1. The Labute approximate surface area is 196 Å². The number of carboxylic acid groups (broad SMARTS) is 1. The smallest absolute Gasteiger partial charge is 0.407 e. The van der Waals surface area contributed by atoms with Gasteiger partial charge in [-0.1, -0.05) is 61.9 Å². The minimum atomic E-state index is -3.05. The maximum atomic E-state index is 13.5. The van der Waals surface area contributed by atoms with Gasteiger partial charge in [0.1, 0.15) is 18.2 Å². The van der Waals surface area contributed by atoms with Gasteiger partial charge in [0.25, 0.3) is 6.43 Å². The van der Waals surface area contributed by atoms with Crippen LogP contribution < -0.4 is 10.6 Å². The lowest BCUT2D eigenvalue weighted by molar-refractivity contribution is -0.147. The first-order chi connectivity index (χ1) is 16.2. The Morgan fingerprint density at radius 1 is 1.06 bits per heavy atom. The molecule has 1 aliphatic rings. The summed E-state index contributed by atoms with van der Waals surface area (Å²) in [6.07, 6.45) is -4.30. The Balaban J connectivity index is 1.62. The van der Waals surface area contributed by atoms with Gasteiger partial charge in [0.2, 0.25) is 5.91 Å². The van der Waals surface area contributed by atoms with Gasteiger partial charge in [0.15, 0.2) is 0 Å². The van der Waals surface area contributed by atoms with Crippen LogP contribution in [0.4, 0.5) is 13.6 Å². The lowest BCUT2D eigenvalue weighted by atomic mass is 9.96. The molecule has 0 spiro atoms. The molecule has 1 aliphatic carbocycles. The summed E-state index contributed by atoms with van der Waals surface area (Å²) in [5.41, 5.74) is 2.43. The van der Waals surface area contributed by atoms with Crippen LogP contribution in [0.25, 0.3) is 11.1 Å². The van der Waals surface area contributed by atoms with Crippen LogP contribution in [0.15, 0.2) is 48.5 Å². The third-order valence-electron chi connectivity index (χ3n) is 5.99. The van der Waals surface area contributed by atoms with Crippen molar-refractivity contribution in [3.05, 3.63) is 59.7 Å². The summed E-state index contributed by atoms with van der Waals surface area (Å²) in [5, 5.41) is 13.7. The number of nitrogens with one attached hydrogen (secondary N) is 2. The number of aliphatic carboxylic acids is 1. The second kappa shape index (κ2) is 10.6. The number of benzene rings is 2. The summed E-state index contributed by atoms with van der Waals surface area (Å²) in [7, 11) is 0. The number of halogens is 2. The maximum Gasteiger partial charge on any atom is 0.407 e. The summed E-state index contributed by atoms with van der Waals surface area (Å²) in [6.45, 7) is 3.00. The summed E-state index contributed by atoms with van der Waals surface area (Å²) in [4.78, 5) is 36.1. The van der Waals surface area contributed by atoms with Crippen molar-refractivity contribution in [3.63, 3.8) is 0 Å². The molecule has 7 nitrogen and oxygen atoms in total. The minimum absolute atomic E-state index is 0.0599. The second-order valence-electron chi connectivity index (χ2n) is 8.55. The number of alkyl halides is 2. The highest BCUT2D eigenvalue weighted by molar-refractivity contribution is 5.87. The Morgan fingerprint density at radius 2 is 1.62 bits per heavy atom.